The number of urea groups is 1. The maximum atomic E-state index is 12.3. The van der Waals surface area contributed by atoms with Crippen molar-refractivity contribution < 1.29 is 9.90 Å². The third-order valence-corrected chi connectivity index (χ3v) is 5.15. The number of likely N-dealkylation sites (N-methyl/N-ethyl adjacent to an activating group) is 1. The minimum atomic E-state index is 0.0332. The van der Waals surface area contributed by atoms with Crippen LogP contribution in [0.2, 0.25) is 0 Å². The molecule has 2 saturated heterocycles. The zero-order chi connectivity index (χ0) is 16.7. The quantitative estimate of drug-likeness (QED) is 0.753. The molecule has 0 spiro atoms. The van der Waals surface area contributed by atoms with E-state index in [-0.39, 0.29) is 18.6 Å². The van der Waals surface area contributed by atoms with Gasteiger partial charge in [0, 0.05) is 59.0 Å². The van der Waals surface area contributed by atoms with E-state index in [1.807, 2.05) is 4.90 Å². The minimum Gasteiger partial charge on any atom is -0.396 e. The highest BCUT2D eigenvalue weighted by Crippen LogP contribution is 2.15. The number of rotatable bonds is 6. The molecule has 0 aromatic heterocycles. The van der Waals surface area contributed by atoms with Crippen LogP contribution in [0.1, 0.15) is 26.7 Å². The van der Waals surface area contributed by atoms with Crippen LogP contribution in [-0.2, 0) is 0 Å². The van der Waals surface area contributed by atoms with Crippen LogP contribution in [-0.4, -0.2) is 91.3 Å². The van der Waals surface area contributed by atoms with Crippen molar-refractivity contribution >= 4 is 6.03 Å². The minimum absolute atomic E-state index is 0.0332. The van der Waals surface area contributed by atoms with Gasteiger partial charge in [0.25, 0.3) is 0 Å². The molecule has 0 bridgehead atoms. The number of likely N-dealkylation sites (tertiary alicyclic amines) is 1. The molecule has 6 nitrogen and oxygen atoms in total. The van der Waals surface area contributed by atoms with Gasteiger partial charge in [0.2, 0.25) is 0 Å². The first-order valence-electron chi connectivity index (χ1n) is 9.20. The first kappa shape index (κ1) is 18.5. The Hall–Kier alpha value is -0.850. The van der Waals surface area contributed by atoms with Crippen LogP contribution in [0.15, 0.2) is 0 Å². The van der Waals surface area contributed by atoms with Crippen LogP contribution in [0, 0.1) is 11.8 Å². The molecule has 0 unspecified atom stereocenters. The molecule has 2 N–H and O–H groups in total. The second-order valence-corrected chi connectivity index (χ2v) is 7.16. The fourth-order valence-electron chi connectivity index (χ4n) is 3.57. The largest absolute Gasteiger partial charge is 0.396 e. The maximum Gasteiger partial charge on any atom is 0.317 e. The number of amides is 2. The van der Waals surface area contributed by atoms with Gasteiger partial charge in [0.05, 0.1) is 0 Å². The summed E-state index contributed by atoms with van der Waals surface area (Å²) in [5.41, 5.74) is 0. The van der Waals surface area contributed by atoms with Crippen molar-refractivity contribution in [3.8, 4) is 0 Å². The predicted octanol–water partition coefficient (Wildman–Crippen LogP) is 0.674. The predicted molar refractivity (Wildman–Crippen MR) is 92.5 cm³/mol. The Morgan fingerprint density at radius 1 is 1.22 bits per heavy atom. The van der Waals surface area contributed by atoms with Crippen LogP contribution in [0.3, 0.4) is 0 Å². The van der Waals surface area contributed by atoms with E-state index in [0.717, 1.165) is 65.2 Å². The number of carbonyl (C=O) groups excluding carboxylic acids is 1. The fraction of sp³-hybridized carbons (Fsp3) is 0.941. The van der Waals surface area contributed by atoms with Crippen molar-refractivity contribution in [1.82, 2.24) is 20.0 Å². The molecule has 0 aromatic carbocycles. The zero-order valence-electron chi connectivity index (χ0n) is 14.8. The molecule has 0 radical (unpaired) electrons. The van der Waals surface area contributed by atoms with Gasteiger partial charge in [-0.05, 0) is 31.2 Å². The Balaban J connectivity index is 1.64. The Kier molecular flexibility index (Phi) is 7.59. The van der Waals surface area contributed by atoms with E-state index in [0.29, 0.717) is 12.5 Å². The summed E-state index contributed by atoms with van der Waals surface area (Å²) < 4.78 is 0. The summed E-state index contributed by atoms with van der Waals surface area (Å²) in [6, 6.07) is 0.0332. The summed E-state index contributed by atoms with van der Waals surface area (Å²) in [5, 5.41) is 12.3. The number of piperazine rings is 1. The van der Waals surface area contributed by atoms with E-state index < -0.39 is 0 Å². The average Bonchev–Trinajstić information content (AvgIpc) is 2.60. The van der Waals surface area contributed by atoms with Gasteiger partial charge in [-0.2, -0.15) is 0 Å². The van der Waals surface area contributed by atoms with Crippen LogP contribution in [0.25, 0.3) is 0 Å². The molecule has 2 aliphatic heterocycles. The van der Waals surface area contributed by atoms with Gasteiger partial charge in [-0.3, -0.25) is 0 Å². The lowest BCUT2D eigenvalue weighted by Gasteiger charge is -2.35. The van der Waals surface area contributed by atoms with Crippen LogP contribution < -0.4 is 5.32 Å². The van der Waals surface area contributed by atoms with Crippen LogP contribution in [0.4, 0.5) is 4.79 Å². The molecule has 2 atom stereocenters. The first-order chi connectivity index (χ1) is 11.1. The number of aliphatic hydroxyl groups excluding tert-OH is 1. The lowest BCUT2D eigenvalue weighted by atomic mass is 9.99. The van der Waals surface area contributed by atoms with Gasteiger partial charge in [-0.25, -0.2) is 4.79 Å². The molecule has 2 fully saturated rings. The monoisotopic (exact) mass is 326 g/mol. The highest BCUT2D eigenvalue weighted by atomic mass is 16.3. The summed E-state index contributed by atoms with van der Waals surface area (Å²) in [6.07, 6.45) is 2.02. The highest BCUT2D eigenvalue weighted by Gasteiger charge is 2.23. The van der Waals surface area contributed by atoms with Crippen LogP contribution >= 0.6 is 0 Å². The summed E-state index contributed by atoms with van der Waals surface area (Å²) in [7, 11) is 0. The van der Waals surface area contributed by atoms with Gasteiger partial charge in [-0.15, -0.1) is 0 Å². The normalized spacial score (nSPS) is 25.3. The number of hydrogen-bond donors (Lipinski definition) is 2. The lowest BCUT2D eigenvalue weighted by Crippen LogP contribution is -2.49. The van der Waals surface area contributed by atoms with Gasteiger partial charge >= 0.3 is 6.03 Å². The highest BCUT2D eigenvalue weighted by molar-refractivity contribution is 5.74. The third kappa shape index (κ3) is 5.94. The van der Waals surface area contributed by atoms with E-state index in [9.17, 15) is 9.90 Å². The smallest absolute Gasteiger partial charge is 0.317 e. The van der Waals surface area contributed by atoms with Crippen molar-refractivity contribution in [1.29, 1.82) is 0 Å². The molecule has 6 heteroatoms. The number of carbonyl (C=O) groups is 1. The average molecular weight is 326 g/mol. The third-order valence-electron chi connectivity index (χ3n) is 5.15. The summed E-state index contributed by atoms with van der Waals surface area (Å²) in [6.45, 7) is 13.6. The lowest BCUT2D eigenvalue weighted by molar-refractivity contribution is 0.119. The molecule has 2 aliphatic rings. The molecule has 2 heterocycles. The SMILES string of the molecule is CCN1CCN(C[C@H](C)CNC(=O)N2CCC[C@H](CO)C2)CC1. The Labute approximate surface area is 140 Å². The van der Waals surface area contributed by atoms with E-state index in [1.54, 1.807) is 0 Å². The second-order valence-electron chi connectivity index (χ2n) is 7.16. The van der Waals surface area contributed by atoms with Crippen molar-refractivity contribution in [2.75, 3.05) is 65.5 Å². The number of nitrogens with zero attached hydrogens (tertiary/aromatic N) is 3. The van der Waals surface area contributed by atoms with Crippen molar-refractivity contribution in [2.24, 2.45) is 11.8 Å². The van der Waals surface area contributed by atoms with E-state index in [1.165, 1.54) is 0 Å². The Bertz CT molecular complexity index is 359. The Morgan fingerprint density at radius 3 is 2.57 bits per heavy atom. The Morgan fingerprint density at radius 2 is 1.91 bits per heavy atom. The van der Waals surface area contributed by atoms with E-state index in [4.69, 9.17) is 0 Å². The summed E-state index contributed by atoms with van der Waals surface area (Å²) in [4.78, 5) is 19.1. The molecule has 0 saturated carbocycles. The van der Waals surface area contributed by atoms with E-state index in [2.05, 4.69) is 29.0 Å². The number of hydrogen-bond acceptors (Lipinski definition) is 4. The molecule has 134 valence electrons. The van der Waals surface area contributed by atoms with Gasteiger partial charge in [0.15, 0.2) is 0 Å². The van der Waals surface area contributed by atoms with E-state index >= 15 is 0 Å². The number of aliphatic hydroxyl groups is 1. The van der Waals surface area contributed by atoms with Gasteiger partial charge in [0.1, 0.15) is 0 Å². The first-order valence-corrected chi connectivity index (χ1v) is 9.20. The standard InChI is InChI=1S/C17H34N4O2/c1-3-19-7-9-20(10-8-19)12-15(2)11-18-17(23)21-6-4-5-16(13-21)14-22/h15-16,22H,3-14H2,1-2H3,(H,18,23)/t15-,16+/m1/s1. The molecule has 0 aromatic rings. The van der Waals surface area contributed by atoms with Crippen molar-refractivity contribution in [2.45, 2.75) is 26.7 Å². The molecule has 0 aliphatic carbocycles. The van der Waals surface area contributed by atoms with Gasteiger partial charge < -0.3 is 25.1 Å². The summed E-state index contributed by atoms with van der Waals surface area (Å²) >= 11 is 0. The fourth-order valence-corrected chi connectivity index (χ4v) is 3.57. The molecule has 2 rings (SSSR count). The molecule has 23 heavy (non-hydrogen) atoms. The molecular formula is C17H34N4O2. The molecule has 2 amide bonds. The van der Waals surface area contributed by atoms with Crippen molar-refractivity contribution in [3.63, 3.8) is 0 Å². The zero-order valence-corrected chi connectivity index (χ0v) is 14.8. The topological polar surface area (TPSA) is 59.0 Å². The van der Waals surface area contributed by atoms with Crippen molar-refractivity contribution in [3.05, 3.63) is 0 Å². The summed E-state index contributed by atoms with van der Waals surface area (Å²) in [5.74, 6) is 0.715. The van der Waals surface area contributed by atoms with Crippen LogP contribution in [0.5, 0.6) is 0 Å². The van der Waals surface area contributed by atoms with Gasteiger partial charge in [-0.1, -0.05) is 13.8 Å². The second kappa shape index (κ2) is 9.45. The number of piperidine rings is 1. The molecular weight excluding hydrogens is 292 g/mol. The number of nitrogens with one attached hydrogen (secondary N) is 1. The maximum absolute atomic E-state index is 12.3.